The van der Waals surface area contributed by atoms with Crippen LogP contribution < -0.4 is 10.1 Å². The first-order valence-corrected chi connectivity index (χ1v) is 7.65. The van der Waals surface area contributed by atoms with Gasteiger partial charge in [0.15, 0.2) is 0 Å². The Morgan fingerprint density at radius 2 is 1.96 bits per heavy atom. The molecule has 0 atom stereocenters. The molecule has 0 bridgehead atoms. The minimum absolute atomic E-state index is 0.0594. The molecular weight excluding hydrogens is 371 g/mol. The van der Waals surface area contributed by atoms with Crippen molar-refractivity contribution in [1.82, 2.24) is 9.97 Å². The Hall–Kier alpha value is -2.87. The van der Waals surface area contributed by atoms with E-state index in [1.807, 2.05) is 0 Å². The van der Waals surface area contributed by atoms with E-state index >= 15 is 0 Å². The van der Waals surface area contributed by atoms with Gasteiger partial charge in [-0.1, -0.05) is 11.6 Å². The van der Waals surface area contributed by atoms with Gasteiger partial charge in [0.1, 0.15) is 17.0 Å². The van der Waals surface area contributed by atoms with Crippen LogP contribution in [0.2, 0.25) is 5.02 Å². The van der Waals surface area contributed by atoms with Crippen molar-refractivity contribution in [3.8, 4) is 5.75 Å². The number of ether oxygens (including phenoxy) is 1. The van der Waals surface area contributed by atoms with Gasteiger partial charge in [-0.15, -0.1) is 0 Å². The van der Waals surface area contributed by atoms with E-state index in [2.05, 4.69) is 15.3 Å². The van der Waals surface area contributed by atoms with Crippen molar-refractivity contribution in [2.75, 3.05) is 12.4 Å². The number of alkyl halides is 3. The number of halogens is 4. The Kier molecular flexibility index (Phi) is 4.69. The van der Waals surface area contributed by atoms with Gasteiger partial charge in [-0.2, -0.15) is 13.2 Å². The largest absolute Gasteiger partial charge is 0.494 e. The molecule has 0 saturated heterocycles. The zero-order valence-electron chi connectivity index (χ0n) is 13.3. The van der Waals surface area contributed by atoms with Crippen molar-refractivity contribution in [2.45, 2.75) is 6.18 Å². The lowest BCUT2D eigenvalue weighted by atomic mass is 10.1. The second-order valence-corrected chi connectivity index (χ2v) is 5.62. The number of carbonyl (C=O) groups excluding carboxylic acids is 1. The molecule has 3 aromatic rings. The third-order valence-corrected chi connectivity index (χ3v) is 3.90. The highest BCUT2D eigenvalue weighted by Gasteiger charge is 2.33. The summed E-state index contributed by atoms with van der Waals surface area (Å²) < 4.78 is 43.9. The molecule has 1 amide bonds. The summed E-state index contributed by atoms with van der Waals surface area (Å²) in [5.41, 5.74) is -0.667. The maximum absolute atomic E-state index is 12.9. The van der Waals surface area contributed by atoms with E-state index in [-0.39, 0.29) is 27.2 Å². The highest BCUT2D eigenvalue weighted by atomic mass is 35.5. The van der Waals surface area contributed by atoms with E-state index in [9.17, 15) is 18.0 Å². The molecule has 0 fully saturated rings. The molecule has 3 rings (SSSR count). The van der Waals surface area contributed by atoms with Crippen LogP contribution in [-0.4, -0.2) is 23.0 Å². The lowest BCUT2D eigenvalue weighted by molar-refractivity contribution is -0.140. The number of fused-ring (bicyclic) bond motifs is 1. The summed E-state index contributed by atoms with van der Waals surface area (Å²) in [5.74, 6) is -0.420. The number of carbonyl (C=O) groups is 1. The second kappa shape index (κ2) is 6.80. The van der Waals surface area contributed by atoms with E-state index in [1.54, 1.807) is 0 Å². The molecule has 2 heterocycles. The molecule has 0 saturated carbocycles. The van der Waals surface area contributed by atoms with Crippen molar-refractivity contribution in [1.29, 1.82) is 0 Å². The van der Waals surface area contributed by atoms with E-state index < -0.39 is 17.8 Å². The number of benzene rings is 1. The van der Waals surface area contributed by atoms with Gasteiger partial charge in [0.05, 0.1) is 17.8 Å². The topological polar surface area (TPSA) is 64.1 Å². The molecule has 9 heteroatoms. The third kappa shape index (κ3) is 3.41. The Bertz CT molecular complexity index is 993. The SMILES string of the molecule is COc1ccc(C(=O)Nc2ccncc2Cl)c2ccc(C(F)(F)F)nc12. The normalized spacial score (nSPS) is 11.4. The number of hydrogen-bond acceptors (Lipinski definition) is 4. The fourth-order valence-electron chi connectivity index (χ4n) is 2.38. The summed E-state index contributed by atoms with van der Waals surface area (Å²) in [6, 6.07) is 6.35. The van der Waals surface area contributed by atoms with Gasteiger partial charge in [-0.25, -0.2) is 4.98 Å². The summed E-state index contributed by atoms with van der Waals surface area (Å²) in [4.78, 5) is 20.0. The lowest BCUT2D eigenvalue weighted by Gasteiger charge is -2.13. The van der Waals surface area contributed by atoms with E-state index in [0.29, 0.717) is 5.69 Å². The molecule has 5 nitrogen and oxygen atoms in total. The van der Waals surface area contributed by atoms with Crippen molar-refractivity contribution in [2.24, 2.45) is 0 Å². The quantitative estimate of drug-likeness (QED) is 0.722. The molecule has 1 N–H and O–H groups in total. The summed E-state index contributed by atoms with van der Waals surface area (Å²) in [5, 5.41) is 3.05. The Balaban J connectivity index is 2.09. The molecule has 0 aliphatic carbocycles. The molecule has 0 aliphatic heterocycles. The average molecular weight is 382 g/mol. The number of aromatic nitrogens is 2. The summed E-state index contributed by atoms with van der Waals surface area (Å²) in [7, 11) is 1.31. The number of nitrogens with one attached hydrogen (secondary N) is 1. The standard InChI is InChI=1S/C17H11ClF3N3O2/c1-26-13-4-2-10(16(25)23-12-6-7-22-8-11(12)18)9-3-5-14(17(19,20)21)24-15(9)13/h2-8H,1H3,(H,22,23,25). The van der Waals surface area contributed by atoms with Crippen LogP contribution in [0.4, 0.5) is 18.9 Å². The first kappa shape index (κ1) is 17.9. The predicted octanol–water partition coefficient (Wildman–Crippen LogP) is 4.56. The van der Waals surface area contributed by atoms with Gasteiger partial charge in [0, 0.05) is 23.3 Å². The zero-order valence-corrected chi connectivity index (χ0v) is 14.0. The minimum Gasteiger partial charge on any atom is -0.494 e. The Labute approximate surface area is 150 Å². The number of amides is 1. The molecule has 134 valence electrons. The zero-order chi connectivity index (χ0) is 18.9. The maximum Gasteiger partial charge on any atom is 0.433 e. The molecule has 0 radical (unpaired) electrons. The smallest absolute Gasteiger partial charge is 0.433 e. The summed E-state index contributed by atoms with van der Waals surface area (Å²) >= 11 is 5.96. The summed E-state index contributed by atoms with van der Waals surface area (Å²) in [6.45, 7) is 0. The molecule has 0 spiro atoms. The van der Waals surface area contributed by atoms with Crippen LogP contribution in [0.3, 0.4) is 0 Å². The molecule has 26 heavy (non-hydrogen) atoms. The molecule has 0 aliphatic rings. The van der Waals surface area contributed by atoms with Gasteiger partial charge in [0.25, 0.3) is 5.91 Å². The first-order valence-electron chi connectivity index (χ1n) is 7.27. The number of anilines is 1. The second-order valence-electron chi connectivity index (χ2n) is 5.22. The first-order chi connectivity index (χ1) is 12.3. The predicted molar refractivity (Wildman–Crippen MR) is 90.5 cm³/mol. The van der Waals surface area contributed by atoms with Gasteiger partial charge in [-0.3, -0.25) is 9.78 Å². The van der Waals surface area contributed by atoms with Crippen molar-refractivity contribution >= 4 is 34.1 Å². The van der Waals surface area contributed by atoms with Crippen molar-refractivity contribution in [3.05, 3.63) is 59.0 Å². The third-order valence-electron chi connectivity index (χ3n) is 3.60. The van der Waals surface area contributed by atoms with Crippen LogP contribution in [0.1, 0.15) is 16.1 Å². The number of methoxy groups -OCH3 is 1. The fourth-order valence-corrected chi connectivity index (χ4v) is 2.55. The van der Waals surface area contributed by atoms with E-state index in [1.165, 1.54) is 43.8 Å². The van der Waals surface area contributed by atoms with Gasteiger partial charge in [-0.05, 0) is 30.3 Å². The highest BCUT2D eigenvalue weighted by Crippen LogP contribution is 2.33. The maximum atomic E-state index is 12.9. The van der Waals surface area contributed by atoms with Crippen molar-refractivity contribution in [3.63, 3.8) is 0 Å². The van der Waals surface area contributed by atoms with Crippen LogP contribution in [0, 0.1) is 0 Å². The lowest BCUT2D eigenvalue weighted by Crippen LogP contribution is -2.14. The van der Waals surface area contributed by atoms with Crippen LogP contribution in [-0.2, 0) is 6.18 Å². The van der Waals surface area contributed by atoms with Crippen LogP contribution >= 0.6 is 11.6 Å². The van der Waals surface area contributed by atoms with E-state index in [0.717, 1.165) is 6.07 Å². The molecule has 0 unspecified atom stereocenters. The number of rotatable bonds is 3. The van der Waals surface area contributed by atoms with Crippen LogP contribution in [0.5, 0.6) is 5.75 Å². The van der Waals surface area contributed by atoms with Crippen LogP contribution in [0.15, 0.2) is 42.7 Å². The Morgan fingerprint density at radius 3 is 2.62 bits per heavy atom. The molecular formula is C17H11ClF3N3O2. The van der Waals surface area contributed by atoms with Crippen molar-refractivity contribution < 1.29 is 22.7 Å². The Morgan fingerprint density at radius 1 is 1.19 bits per heavy atom. The van der Waals surface area contributed by atoms with E-state index in [4.69, 9.17) is 16.3 Å². The number of hydrogen-bond donors (Lipinski definition) is 1. The monoisotopic (exact) mass is 381 g/mol. The van der Waals surface area contributed by atoms with Gasteiger partial charge >= 0.3 is 6.18 Å². The minimum atomic E-state index is -4.61. The molecule has 2 aromatic heterocycles. The van der Waals surface area contributed by atoms with Gasteiger partial charge < -0.3 is 10.1 Å². The highest BCUT2D eigenvalue weighted by molar-refractivity contribution is 6.33. The fraction of sp³-hybridized carbons (Fsp3) is 0.118. The van der Waals surface area contributed by atoms with Crippen LogP contribution in [0.25, 0.3) is 10.9 Å². The summed E-state index contributed by atoms with van der Waals surface area (Å²) in [6.07, 6.45) is -1.80. The average Bonchev–Trinajstić information content (AvgIpc) is 2.61. The van der Waals surface area contributed by atoms with Gasteiger partial charge in [0.2, 0.25) is 0 Å². The molecule has 1 aromatic carbocycles. The number of pyridine rings is 2. The number of nitrogens with zero attached hydrogens (tertiary/aromatic N) is 2.